The molecule has 0 aromatic heterocycles. The van der Waals surface area contributed by atoms with Gasteiger partial charge in [-0.05, 0) is 42.8 Å². The number of methoxy groups -OCH3 is 1. The van der Waals surface area contributed by atoms with Crippen molar-refractivity contribution in [3.05, 3.63) is 52.5 Å². The van der Waals surface area contributed by atoms with Crippen LogP contribution in [0.5, 0.6) is 17.2 Å². The highest BCUT2D eigenvalue weighted by Crippen LogP contribution is 2.30. The number of benzene rings is 2. The third-order valence-corrected chi connectivity index (χ3v) is 4.01. The normalized spacial score (nSPS) is 10.7. The van der Waals surface area contributed by atoms with Gasteiger partial charge < -0.3 is 14.2 Å². The van der Waals surface area contributed by atoms with Crippen LogP contribution < -0.4 is 19.6 Å². The van der Waals surface area contributed by atoms with Gasteiger partial charge in [0.25, 0.3) is 0 Å². The van der Waals surface area contributed by atoms with Crippen LogP contribution in [0, 0.1) is 6.92 Å². The molecule has 0 radical (unpaired) electrons. The van der Waals surface area contributed by atoms with Crippen LogP contribution in [0.1, 0.15) is 24.5 Å². The number of hydrogen-bond acceptors (Lipinski definition) is 5. The predicted octanol–water partition coefficient (Wildman–Crippen LogP) is 3.97. The molecule has 0 aliphatic carbocycles. The average Bonchev–Trinajstić information content (AvgIpc) is 2.64. The quantitative estimate of drug-likeness (QED) is 0.399. The fourth-order valence-electron chi connectivity index (χ4n) is 2.27. The number of hydrogen-bond donors (Lipinski definition) is 1. The number of rotatable bonds is 9. The molecule has 1 N–H and O–H groups in total. The van der Waals surface area contributed by atoms with Gasteiger partial charge >= 0.3 is 0 Å². The van der Waals surface area contributed by atoms with E-state index in [4.69, 9.17) is 25.8 Å². The Labute approximate surface area is 164 Å². The second-order valence-electron chi connectivity index (χ2n) is 5.77. The molecular weight excluding hydrogens is 368 g/mol. The second-order valence-corrected chi connectivity index (χ2v) is 6.17. The molecule has 0 atom stereocenters. The molecule has 0 spiro atoms. The van der Waals surface area contributed by atoms with Gasteiger partial charge in [-0.25, -0.2) is 5.43 Å². The molecule has 2 aromatic carbocycles. The molecule has 0 unspecified atom stereocenters. The molecule has 0 saturated heterocycles. The van der Waals surface area contributed by atoms with E-state index in [0.717, 1.165) is 16.3 Å². The van der Waals surface area contributed by atoms with E-state index in [-0.39, 0.29) is 5.91 Å². The Morgan fingerprint density at radius 1 is 1.22 bits per heavy atom. The topological polar surface area (TPSA) is 69.2 Å². The van der Waals surface area contributed by atoms with Crippen LogP contribution in [-0.4, -0.2) is 32.4 Å². The summed E-state index contributed by atoms with van der Waals surface area (Å²) in [6.45, 7) is 4.27. The minimum absolute atomic E-state index is 0.244. The van der Waals surface area contributed by atoms with E-state index < -0.39 is 0 Å². The number of para-hydroxylation sites is 1. The van der Waals surface area contributed by atoms with Crippen LogP contribution in [0.25, 0.3) is 0 Å². The van der Waals surface area contributed by atoms with Crippen molar-refractivity contribution >= 4 is 23.7 Å². The first kappa shape index (κ1) is 20.6. The number of halogens is 1. The Morgan fingerprint density at radius 3 is 2.70 bits per heavy atom. The highest BCUT2D eigenvalue weighted by Gasteiger charge is 2.09. The van der Waals surface area contributed by atoms with Crippen molar-refractivity contribution in [2.45, 2.75) is 20.3 Å². The summed E-state index contributed by atoms with van der Waals surface area (Å²) in [7, 11) is 1.57. The van der Waals surface area contributed by atoms with E-state index in [1.807, 2.05) is 37.3 Å². The van der Waals surface area contributed by atoms with Crippen molar-refractivity contribution in [2.75, 3.05) is 20.3 Å². The van der Waals surface area contributed by atoms with Crippen LogP contribution in [0.3, 0.4) is 0 Å². The fourth-order valence-corrected chi connectivity index (χ4v) is 2.39. The summed E-state index contributed by atoms with van der Waals surface area (Å²) in [4.78, 5) is 10.9. The van der Waals surface area contributed by atoms with Crippen molar-refractivity contribution in [1.82, 2.24) is 5.43 Å². The predicted molar refractivity (Wildman–Crippen MR) is 106 cm³/mol. The van der Waals surface area contributed by atoms with Gasteiger partial charge in [0.05, 0.1) is 26.5 Å². The van der Waals surface area contributed by atoms with Crippen LogP contribution >= 0.6 is 11.6 Å². The average molecular weight is 391 g/mol. The largest absolute Gasteiger partial charge is 0.493 e. The number of carbonyl (C=O) groups excluding carboxylic acids is 1. The van der Waals surface area contributed by atoms with Gasteiger partial charge in [0.2, 0.25) is 5.91 Å². The third kappa shape index (κ3) is 6.49. The van der Waals surface area contributed by atoms with Gasteiger partial charge in [-0.3, -0.25) is 4.79 Å². The zero-order valence-corrected chi connectivity index (χ0v) is 16.4. The third-order valence-electron chi connectivity index (χ3n) is 3.59. The fraction of sp³-hybridized carbons (Fsp3) is 0.300. The van der Waals surface area contributed by atoms with Gasteiger partial charge in [0, 0.05) is 23.9 Å². The van der Waals surface area contributed by atoms with Gasteiger partial charge in [-0.15, -0.1) is 0 Å². The monoisotopic (exact) mass is 390 g/mol. The summed E-state index contributed by atoms with van der Waals surface area (Å²) >= 11 is 6.01. The summed E-state index contributed by atoms with van der Waals surface area (Å²) in [5, 5.41) is 4.60. The summed E-state index contributed by atoms with van der Waals surface area (Å²) in [5.41, 5.74) is 4.05. The Bertz CT molecular complexity index is 809. The first-order valence-corrected chi connectivity index (χ1v) is 8.87. The molecule has 6 nitrogen and oxygen atoms in total. The summed E-state index contributed by atoms with van der Waals surface area (Å²) in [5.74, 6) is 1.69. The lowest BCUT2D eigenvalue weighted by Gasteiger charge is -2.13. The van der Waals surface area contributed by atoms with E-state index in [0.29, 0.717) is 36.7 Å². The molecule has 0 heterocycles. The lowest BCUT2D eigenvalue weighted by atomic mass is 10.2. The van der Waals surface area contributed by atoms with Crippen molar-refractivity contribution in [3.63, 3.8) is 0 Å². The number of nitrogens with one attached hydrogen (secondary N) is 1. The number of carbonyl (C=O) groups is 1. The van der Waals surface area contributed by atoms with Crippen LogP contribution in [-0.2, 0) is 4.79 Å². The number of nitrogens with zero attached hydrogens (tertiary/aromatic N) is 1. The zero-order valence-electron chi connectivity index (χ0n) is 15.6. The second kappa shape index (κ2) is 10.4. The number of amides is 1. The molecule has 2 rings (SSSR count). The van der Waals surface area contributed by atoms with Crippen molar-refractivity contribution in [1.29, 1.82) is 0 Å². The molecular formula is C20H23ClN2O4. The molecule has 0 saturated carbocycles. The van der Waals surface area contributed by atoms with Crippen molar-refractivity contribution < 1.29 is 19.0 Å². The highest BCUT2D eigenvalue weighted by molar-refractivity contribution is 6.31. The van der Waals surface area contributed by atoms with Gasteiger partial charge in [0.15, 0.2) is 11.5 Å². The van der Waals surface area contributed by atoms with Crippen LogP contribution in [0.4, 0.5) is 0 Å². The Kier molecular flexibility index (Phi) is 7.95. The summed E-state index contributed by atoms with van der Waals surface area (Å²) in [6, 6.07) is 11.0. The molecule has 0 aliphatic rings. The van der Waals surface area contributed by atoms with Gasteiger partial charge in [-0.1, -0.05) is 17.7 Å². The van der Waals surface area contributed by atoms with Gasteiger partial charge in [0.1, 0.15) is 5.75 Å². The standard InChI is InChI=1S/C20H23ClN2O4/c1-14-12-17(8-9-18(14)21)26-10-5-11-27-20-16(13-22-23-15(2)24)6-4-7-19(20)25-3/h4,6-9,12-13H,5,10-11H2,1-3H3,(H,23,24)/b22-13+. The lowest BCUT2D eigenvalue weighted by molar-refractivity contribution is -0.118. The van der Waals surface area contributed by atoms with Crippen LogP contribution in [0.2, 0.25) is 5.02 Å². The minimum atomic E-state index is -0.244. The Morgan fingerprint density at radius 2 is 2.00 bits per heavy atom. The molecule has 144 valence electrons. The van der Waals surface area contributed by atoms with Crippen molar-refractivity contribution in [3.8, 4) is 17.2 Å². The highest BCUT2D eigenvalue weighted by atomic mass is 35.5. The summed E-state index contributed by atoms with van der Waals surface area (Å²) < 4.78 is 16.9. The molecule has 27 heavy (non-hydrogen) atoms. The molecule has 0 bridgehead atoms. The maximum absolute atomic E-state index is 10.9. The van der Waals surface area contributed by atoms with E-state index in [2.05, 4.69) is 10.5 Å². The molecule has 0 fully saturated rings. The van der Waals surface area contributed by atoms with E-state index in [1.54, 1.807) is 13.2 Å². The molecule has 2 aromatic rings. The van der Waals surface area contributed by atoms with E-state index >= 15 is 0 Å². The number of ether oxygens (including phenoxy) is 3. The van der Waals surface area contributed by atoms with Crippen LogP contribution in [0.15, 0.2) is 41.5 Å². The van der Waals surface area contributed by atoms with Crippen molar-refractivity contribution in [2.24, 2.45) is 5.10 Å². The first-order valence-electron chi connectivity index (χ1n) is 8.49. The Balaban J connectivity index is 1.91. The Hall–Kier alpha value is -2.73. The maximum atomic E-state index is 10.9. The maximum Gasteiger partial charge on any atom is 0.236 e. The number of hydrazone groups is 1. The molecule has 0 aliphatic heterocycles. The lowest BCUT2D eigenvalue weighted by Crippen LogP contribution is -2.12. The summed E-state index contributed by atoms with van der Waals surface area (Å²) in [6.07, 6.45) is 2.20. The minimum Gasteiger partial charge on any atom is -0.493 e. The molecule has 1 amide bonds. The molecule has 7 heteroatoms. The van der Waals surface area contributed by atoms with Gasteiger partial charge in [-0.2, -0.15) is 5.10 Å². The van der Waals surface area contributed by atoms with E-state index in [9.17, 15) is 4.79 Å². The SMILES string of the molecule is COc1cccc(/C=N/NC(C)=O)c1OCCCOc1ccc(Cl)c(C)c1. The first-order chi connectivity index (χ1) is 13.0. The number of aryl methyl sites for hydroxylation is 1. The van der Waals surface area contributed by atoms with E-state index in [1.165, 1.54) is 13.1 Å². The zero-order chi connectivity index (χ0) is 19.6. The smallest absolute Gasteiger partial charge is 0.236 e.